The van der Waals surface area contributed by atoms with Gasteiger partial charge in [0, 0.05) is 25.7 Å². The zero-order valence-corrected chi connectivity index (χ0v) is 30.6. The highest BCUT2D eigenvalue weighted by Gasteiger charge is 2.48. The molecule has 3 N–H and O–H groups in total. The van der Waals surface area contributed by atoms with Crippen LogP contribution in [0.2, 0.25) is 0 Å². The molecule has 10 heteroatoms. The molecule has 49 heavy (non-hydrogen) atoms. The molecule has 0 radical (unpaired) electrons. The van der Waals surface area contributed by atoms with Crippen molar-refractivity contribution in [1.29, 1.82) is 0 Å². The second-order valence-electron chi connectivity index (χ2n) is 13.9. The SMILES string of the molecule is CCCCCCCC(=O)CCCCCC/C=C/[C@H](C(=O)N[C@@H](Cc1ccc(OCCCF)cc1)C(=O)O)[C@@](O)(CCC)C(=O)OC(C)(C)C. The highest BCUT2D eigenvalue weighted by Crippen LogP contribution is 2.30. The molecule has 0 bridgehead atoms. The number of amides is 1. The first kappa shape index (κ1) is 43.8. The van der Waals surface area contributed by atoms with E-state index in [0.29, 0.717) is 42.8 Å². The van der Waals surface area contributed by atoms with Gasteiger partial charge in [-0.3, -0.25) is 14.0 Å². The lowest BCUT2D eigenvalue weighted by Gasteiger charge is -2.34. The summed E-state index contributed by atoms with van der Waals surface area (Å²) in [7, 11) is 0. The number of Topliss-reactive ketones (excluding diaryl/α,β-unsaturated/α-hetero) is 1. The van der Waals surface area contributed by atoms with Gasteiger partial charge < -0.3 is 25.0 Å². The Bertz CT molecular complexity index is 1150. The molecular weight excluding hydrogens is 629 g/mol. The van der Waals surface area contributed by atoms with Crippen molar-refractivity contribution < 1.29 is 43.3 Å². The fraction of sp³-hybridized carbons (Fsp3) is 0.692. The molecule has 278 valence electrons. The van der Waals surface area contributed by atoms with E-state index in [1.54, 1.807) is 58.0 Å². The van der Waals surface area contributed by atoms with Crippen LogP contribution >= 0.6 is 0 Å². The number of aliphatic hydroxyl groups is 1. The first-order chi connectivity index (χ1) is 23.3. The number of allylic oxidation sites excluding steroid dienone is 1. The summed E-state index contributed by atoms with van der Waals surface area (Å²) in [5.41, 5.74) is -2.53. The molecule has 1 rings (SSSR count). The van der Waals surface area contributed by atoms with Gasteiger partial charge in [-0.15, -0.1) is 0 Å². The minimum absolute atomic E-state index is 0.0533. The van der Waals surface area contributed by atoms with Crippen LogP contribution in [0.3, 0.4) is 0 Å². The molecule has 3 atom stereocenters. The van der Waals surface area contributed by atoms with Crippen LogP contribution in [-0.4, -0.2) is 64.4 Å². The monoisotopic (exact) mass is 691 g/mol. The van der Waals surface area contributed by atoms with E-state index >= 15 is 0 Å². The van der Waals surface area contributed by atoms with Gasteiger partial charge in [0.05, 0.1) is 19.2 Å². The maximum atomic E-state index is 13.8. The lowest BCUT2D eigenvalue weighted by molar-refractivity contribution is -0.184. The fourth-order valence-electron chi connectivity index (χ4n) is 5.48. The second kappa shape index (κ2) is 24.0. The number of ketones is 1. The molecular formula is C39H62FNO8. The number of aliphatic carboxylic acids is 1. The third-order valence-electron chi connectivity index (χ3n) is 8.17. The number of carboxylic acid groups (broad SMARTS) is 1. The van der Waals surface area contributed by atoms with Crippen LogP contribution in [-0.2, 0) is 30.3 Å². The summed E-state index contributed by atoms with van der Waals surface area (Å²) in [6, 6.07) is 5.29. The van der Waals surface area contributed by atoms with Crippen molar-refractivity contribution >= 4 is 23.6 Å². The molecule has 1 aromatic rings. The fourth-order valence-corrected chi connectivity index (χ4v) is 5.48. The lowest BCUT2D eigenvalue weighted by Crippen LogP contribution is -2.56. The predicted octanol–water partition coefficient (Wildman–Crippen LogP) is 7.85. The third-order valence-corrected chi connectivity index (χ3v) is 8.17. The van der Waals surface area contributed by atoms with Crippen molar-refractivity contribution in [3.8, 4) is 5.75 Å². The van der Waals surface area contributed by atoms with E-state index in [4.69, 9.17) is 9.47 Å². The van der Waals surface area contributed by atoms with Gasteiger partial charge in [-0.25, -0.2) is 9.59 Å². The summed E-state index contributed by atoms with van der Waals surface area (Å²) in [5, 5.41) is 24.3. The Hall–Kier alpha value is -3.27. The number of halogens is 1. The number of ether oxygens (including phenoxy) is 2. The average Bonchev–Trinajstić information content (AvgIpc) is 3.03. The minimum Gasteiger partial charge on any atom is -0.494 e. The molecule has 0 aromatic heterocycles. The van der Waals surface area contributed by atoms with E-state index in [0.717, 1.165) is 38.5 Å². The Morgan fingerprint density at radius 1 is 0.878 bits per heavy atom. The summed E-state index contributed by atoms with van der Waals surface area (Å²) in [5.74, 6) is -3.59. The van der Waals surface area contributed by atoms with Crippen LogP contribution in [0.5, 0.6) is 5.75 Å². The van der Waals surface area contributed by atoms with E-state index in [9.17, 15) is 33.8 Å². The summed E-state index contributed by atoms with van der Waals surface area (Å²) >= 11 is 0. The van der Waals surface area contributed by atoms with Crippen LogP contribution in [0.1, 0.15) is 136 Å². The van der Waals surface area contributed by atoms with Gasteiger partial charge in [0.1, 0.15) is 23.2 Å². The Morgan fingerprint density at radius 2 is 1.49 bits per heavy atom. The van der Waals surface area contributed by atoms with Gasteiger partial charge in [-0.1, -0.05) is 83.1 Å². The molecule has 0 aliphatic heterocycles. The van der Waals surface area contributed by atoms with Crippen LogP contribution in [0.15, 0.2) is 36.4 Å². The standard InChI is InChI=1S/C39H62FNO8/c1-6-8-9-12-15-19-31(42)20-16-13-10-11-14-17-21-33(39(47,26-7-2)37(46)49-38(3,4)5)35(43)41-34(36(44)45)29-30-22-24-32(25-23-30)48-28-18-27-40/h17,21-25,33-34,47H,6-16,18-20,26-29H2,1-5H3,(H,41,43)(H,44,45)/b21-17+/t33-,34+,39+/m1/s1. The van der Waals surface area contributed by atoms with E-state index < -0.39 is 47.7 Å². The number of carbonyl (C=O) groups is 4. The van der Waals surface area contributed by atoms with Gasteiger partial charge in [-0.2, -0.15) is 0 Å². The van der Waals surface area contributed by atoms with E-state index in [1.165, 1.54) is 25.3 Å². The number of carbonyl (C=O) groups excluding carboxylic acids is 3. The smallest absolute Gasteiger partial charge is 0.339 e. The number of unbranched alkanes of at least 4 members (excludes halogenated alkanes) is 8. The van der Waals surface area contributed by atoms with Gasteiger partial charge in [0.15, 0.2) is 5.60 Å². The molecule has 1 amide bonds. The zero-order valence-electron chi connectivity index (χ0n) is 30.6. The number of nitrogens with one attached hydrogen (secondary N) is 1. The number of rotatable bonds is 27. The summed E-state index contributed by atoms with van der Waals surface area (Å²) in [4.78, 5) is 51.5. The maximum absolute atomic E-state index is 13.8. The van der Waals surface area contributed by atoms with Crippen molar-refractivity contribution in [2.24, 2.45) is 5.92 Å². The number of alkyl halides is 1. The first-order valence-electron chi connectivity index (χ1n) is 18.2. The van der Waals surface area contributed by atoms with E-state index in [-0.39, 0.29) is 25.9 Å². The van der Waals surface area contributed by atoms with Gasteiger partial charge in [0.25, 0.3) is 0 Å². The van der Waals surface area contributed by atoms with Crippen LogP contribution in [0.4, 0.5) is 4.39 Å². The lowest BCUT2D eigenvalue weighted by atomic mass is 9.81. The molecule has 9 nitrogen and oxygen atoms in total. The largest absolute Gasteiger partial charge is 0.494 e. The van der Waals surface area contributed by atoms with Gasteiger partial charge in [0.2, 0.25) is 5.91 Å². The molecule has 0 heterocycles. The number of benzene rings is 1. The summed E-state index contributed by atoms with van der Waals surface area (Å²) in [6.07, 6.45) is 14.6. The topological polar surface area (TPSA) is 139 Å². The highest BCUT2D eigenvalue weighted by molar-refractivity contribution is 5.93. The summed E-state index contributed by atoms with van der Waals surface area (Å²) in [6.45, 7) is 8.68. The van der Waals surface area contributed by atoms with Crippen molar-refractivity contribution in [2.75, 3.05) is 13.3 Å². The van der Waals surface area contributed by atoms with Crippen LogP contribution < -0.4 is 10.1 Å². The Balaban J connectivity index is 2.96. The first-order valence-corrected chi connectivity index (χ1v) is 18.2. The zero-order chi connectivity index (χ0) is 36.7. The van der Waals surface area contributed by atoms with Gasteiger partial charge in [-0.05, 0) is 70.6 Å². The number of carboxylic acids is 1. The Kier molecular flexibility index (Phi) is 21.4. The number of hydrogen-bond donors (Lipinski definition) is 3. The van der Waals surface area contributed by atoms with Crippen molar-refractivity contribution in [1.82, 2.24) is 5.32 Å². The average molecular weight is 692 g/mol. The summed E-state index contributed by atoms with van der Waals surface area (Å²) < 4.78 is 23.4. The minimum atomic E-state index is -2.22. The molecule has 1 aromatic carbocycles. The highest BCUT2D eigenvalue weighted by atomic mass is 19.1. The molecule has 0 spiro atoms. The maximum Gasteiger partial charge on any atom is 0.339 e. The van der Waals surface area contributed by atoms with Crippen LogP contribution in [0, 0.1) is 5.92 Å². The number of esters is 1. The van der Waals surface area contributed by atoms with E-state index in [1.807, 2.05) is 0 Å². The molecule has 0 unspecified atom stereocenters. The Morgan fingerprint density at radius 3 is 2.04 bits per heavy atom. The predicted molar refractivity (Wildman–Crippen MR) is 190 cm³/mol. The third kappa shape index (κ3) is 18.3. The quantitative estimate of drug-likeness (QED) is 0.0482. The van der Waals surface area contributed by atoms with Crippen molar-refractivity contribution in [3.63, 3.8) is 0 Å². The molecule has 0 saturated carbocycles. The van der Waals surface area contributed by atoms with Gasteiger partial charge >= 0.3 is 11.9 Å². The van der Waals surface area contributed by atoms with Crippen molar-refractivity contribution in [2.45, 2.75) is 155 Å². The number of hydrogen-bond acceptors (Lipinski definition) is 7. The molecule has 0 aliphatic carbocycles. The molecule has 0 aliphatic rings. The molecule has 0 saturated heterocycles. The Labute approximate surface area is 293 Å². The van der Waals surface area contributed by atoms with Crippen molar-refractivity contribution in [3.05, 3.63) is 42.0 Å². The molecule has 0 fully saturated rings. The van der Waals surface area contributed by atoms with E-state index in [2.05, 4.69) is 12.2 Å². The second-order valence-corrected chi connectivity index (χ2v) is 13.9. The normalized spacial score (nSPS) is 14.2. The van der Waals surface area contributed by atoms with Crippen LogP contribution in [0.25, 0.3) is 0 Å².